The Hall–Kier alpha value is -3.17. The highest BCUT2D eigenvalue weighted by Crippen LogP contribution is 2.30. The van der Waals surface area contributed by atoms with Crippen molar-refractivity contribution in [2.45, 2.75) is 38.1 Å². The van der Waals surface area contributed by atoms with E-state index >= 15 is 0 Å². The Balaban J connectivity index is 1.31. The van der Waals surface area contributed by atoms with Crippen molar-refractivity contribution in [2.24, 2.45) is 10.7 Å². The molecule has 3 aromatic rings. The van der Waals surface area contributed by atoms with E-state index in [1.54, 1.807) is 17.6 Å². The van der Waals surface area contributed by atoms with E-state index in [9.17, 15) is 0 Å². The molecule has 0 spiro atoms. The van der Waals surface area contributed by atoms with Crippen molar-refractivity contribution < 1.29 is 4.74 Å². The molecule has 3 heterocycles. The fourth-order valence-electron chi connectivity index (χ4n) is 4.44. The molecule has 0 unspecified atom stereocenters. The maximum absolute atomic E-state index is 5.90. The average molecular weight is 478 g/mol. The summed E-state index contributed by atoms with van der Waals surface area (Å²) in [6.45, 7) is 3.29. The minimum absolute atomic E-state index is 0.464. The lowest BCUT2D eigenvalue weighted by molar-refractivity contribution is 0.122. The van der Waals surface area contributed by atoms with Gasteiger partial charge in [0.1, 0.15) is 5.82 Å². The van der Waals surface area contributed by atoms with Crippen LogP contribution in [0.25, 0.3) is 10.2 Å². The van der Waals surface area contributed by atoms with Gasteiger partial charge in [-0.3, -0.25) is 4.99 Å². The van der Waals surface area contributed by atoms with Crippen molar-refractivity contribution >= 4 is 50.9 Å². The topological polar surface area (TPSA) is 101 Å². The lowest BCUT2D eigenvalue weighted by Crippen LogP contribution is -2.36. The van der Waals surface area contributed by atoms with Crippen molar-refractivity contribution in [3.63, 3.8) is 0 Å². The third-order valence-electron chi connectivity index (χ3n) is 6.24. The third kappa shape index (κ3) is 5.48. The molecule has 1 saturated heterocycles. The number of anilines is 3. The highest BCUT2D eigenvalue weighted by atomic mass is 32.1. The van der Waals surface area contributed by atoms with Gasteiger partial charge in [-0.15, -0.1) is 11.3 Å². The van der Waals surface area contributed by atoms with Gasteiger partial charge in [-0.2, -0.15) is 4.98 Å². The highest BCUT2D eigenvalue weighted by Gasteiger charge is 2.17. The summed E-state index contributed by atoms with van der Waals surface area (Å²) < 4.78 is 6.54. The van der Waals surface area contributed by atoms with Gasteiger partial charge in [-0.25, -0.2) is 4.98 Å². The number of nitrogens with one attached hydrogen (secondary N) is 2. The van der Waals surface area contributed by atoms with Crippen LogP contribution < -0.4 is 21.3 Å². The molecule has 0 atom stereocenters. The predicted octanol–water partition coefficient (Wildman–Crippen LogP) is 4.89. The Bertz CT molecular complexity index is 1160. The van der Waals surface area contributed by atoms with Gasteiger partial charge < -0.3 is 26.0 Å². The SMILES string of the molecule is NC=C(C=Nc1cccc(N2CCOCC2)c1)Nc1nc(NC2CCCCC2)c2sccc2n1. The molecule has 1 aliphatic heterocycles. The van der Waals surface area contributed by atoms with Gasteiger partial charge in [0.15, 0.2) is 0 Å². The van der Waals surface area contributed by atoms with Gasteiger partial charge in [-0.05, 0) is 42.5 Å². The number of fused-ring (bicyclic) bond motifs is 1. The summed E-state index contributed by atoms with van der Waals surface area (Å²) in [6, 6.07) is 10.7. The first-order chi connectivity index (χ1) is 16.8. The lowest BCUT2D eigenvalue weighted by atomic mass is 9.95. The number of allylic oxidation sites excluding steroid dienone is 1. The van der Waals surface area contributed by atoms with E-state index in [0.717, 1.165) is 53.7 Å². The van der Waals surface area contributed by atoms with Crippen molar-refractivity contribution in [2.75, 3.05) is 41.8 Å². The Labute approximate surface area is 204 Å². The van der Waals surface area contributed by atoms with Crippen LogP contribution in [0.5, 0.6) is 0 Å². The molecule has 5 rings (SSSR count). The number of nitrogens with two attached hydrogens (primary N) is 1. The average Bonchev–Trinajstić information content (AvgIpc) is 3.37. The summed E-state index contributed by atoms with van der Waals surface area (Å²) >= 11 is 1.66. The molecule has 9 heteroatoms. The lowest BCUT2D eigenvalue weighted by Gasteiger charge is -2.28. The van der Waals surface area contributed by atoms with Crippen LogP contribution in [-0.2, 0) is 4.74 Å². The second-order valence-electron chi connectivity index (χ2n) is 8.63. The maximum Gasteiger partial charge on any atom is 0.229 e. The Morgan fingerprint density at radius 1 is 1.15 bits per heavy atom. The second-order valence-corrected chi connectivity index (χ2v) is 9.55. The van der Waals surface area contributed by atoms with Gasteiger partial charge in [0.05, 0.1) is 41.0 Å². The summed E-state index contributed by atoms with van der Waals surface area (Å²) in [6.07, 6.45) is 9.43. The van der Waals surface area contributed by atoms with E-state index in [1.165, 1.54) is 38.3 Å². The summed E-state index contributed by atoms with van der Waals surface area (Å²) in [5.41, 5.74) is 9.47. The first kappa shape index (κ1) is 22.6. The molecule has 1 aliphatic carbocycles. The van der Waals surface area contributed by atoms with Crippen LogP contribution >= 0.6 is 11.3 Å². The number of nitrogens with zero attached hydrogens (tertiary/aromatic N) is 4. The van der Waals surface area contributed by atoms with Gasteiger partial charge in [0.2, 0.25) is 5.95 Å². The number of thiophene rings is 1. The van der Waals surface area contributed by atoms with Crippen molar-refractivity contribution in [3.05, 3.63) is 47.6 Å². The number of aromatic nitrogens is 2. The number of morpholine rings is 1. The minimum atomic E-state index is 0.464. The molecule has 8 nitrogen and oxygen atoms in total. The molecular weight excluding hydrogens is 446 g/mol. The Morgan fingerprint density at radius 2 is 2.00 bits per heavy atom. The maximum atomic E-state index is 5.90. The number of hydrogen-bond acceptors (Lipinski definition) is 9. The molecule has 0 amide bonds. The fraction of sp³-hybridized carbons (Fsp3) is 0.400. The van der Waals surface area contributed by atoms with E-state index in [4.69, 9.17) is 15.5 Å². The van der Waals surface area contributed by atoms with Crippen molar-refractivity contribution in [1.29, 1.82) is 0 Å². The number of hydrogen-bond donors (Lipinski definition) is 3. The normalized spacial score (nSPS) is 18.0. The van der Waals surface area contributed by atoms with E-state index in [0.29, 0.717) is 17.7 Å². The zero-order valence-corrected chi connectivity index (χ0v) is 20.1. The number of ether oxygens (including phenoxy) is 1. The van der Waals surface area contributed by atoms with E-state index < -0.39 is 0 Å². The van der Waals surface area contributed by atoms with Gasteiger partial charge in [0, 0.05) is 31.0 Å². The standard InChI is InChI=1S/C25H31N7OS/c26-16-20(17-27-19-7-4-8-21(15-19)32-10-12-33-13-11-32)29-25-30-22-9-14-34-23(22)24(31-25)28-18-5-2-1-3-6-18/h4,7-9,14-18H,1-3,5-6,10-13,26H2,(H2,28,29,30,31). The Morgan fingerprint density at radius 3 is 2.82 bits per heavy atom. The summed E-state index contributed by atoms with van der Waals surface area (Å²) in [7, 11) is 0. The van der Waals surface area contributed by atoms with Crippen LogP contribution in [0.1, 0.15) is 32.1 Å². The third-order valence-corrected chi connectivity index (χ3v) is 7.15. The van der Waals surface area contributed by atoms with Gasteiger partial charge in [-0.1, -0.05) is 25.3 Å². The molecule has 2 fully saturated rings. The number of rotatable bonds is 7. The molecule has 2 aromatic heterocycles. The van der Waals surface area contributed by atoms with Gasteiger partial charge in [0.25, 0.3) is 0 Å². The Kier molecular flexibility index (Phi) is 7.21. The van der Waals surface area contributed by atoms with Crippen LogP contribution in [0.4, 0.5) is 23.1 Å². The molecule has 0 radical (unpaired) electrons. The largest absolute Gasteiger partial charge is 0.403 e. The summed E-state index contributed by atoms with van der Waals surface area (Å²) in [5.74, 6) is 1.40. The molecule has 4 N–H and O–H groups in total. The quantitative estimate of drug-likeness (QED) is 0.417. The predicted molar refractivity (Wildman–Crippen MR) is 141 cm³/mol. The second kappa shape index (κ2) is 10.8. The van der Waals surface area contributed by atoms with Crippen LogP contribution in [0.2, 0.25) is 0 Å². The van der Waals surface area contributed by atoms with Crippen LogP contribution in [0.15, 0.2) is 52.6 Å². The molecular formula is C25H31N7OS. The molecule has 1 saturated carbocycles. The van der Waals surface area contributed by atoms with Gasteiger partial charge >= 0.3 is 0 Å². The van der Waals surface area contributed by atoms with Crippen molar-refractivity contribution in [3.8, 4) is 0 Å². The molecule has 178 valence electrons. The fourth-order valence-corrected chi connectivity index (χ4v) is 5.22. The summed E-state index contributed by atoms with van der Waals surface area (Å²) in [5, 5.41) is 8.95. The molecule has 34 heavy (non-hydrogen) atoms. The smallest absolute Gasteiger partial charge is 0.229 e. The first-order valence-electron chi connectivity index (χ1n) is 12.0. The zero-order valence-electron chi connectivity index (χ0n) is 19.2. The highest BCUT2D eigenvalue weighted by molar-refractivity contribution is 7.17. The monoisotopic (exact) mass is 477 g/mol. The zero-order chi connectivity index (χ0) is 23.2. The molecule has 1 aromatic carbocycles. The first-order valence-corrected chi connectivity index (χ1v) is 12.8. The van der Waals surface area contributed by atoms with Crippen LogP contribution in [0.3, 0.4) is 0 Å². The molecule has 0 bridgehead atoms. The summed E-state index contributed by atoms with van der Waals surface area (Å²) in [4.78, 5) is 16.4. The van der Waals surface area contributed by atoms with Crippen molar-refractivity contribution in [1.82, 2.24) is 9.97 Å². The molecule has 2 aliphatic rings. The number of benzene rings is 1. The van der Waals surface area contributed by atoms with E-state index in [-0.39, 0.29) is 0 Å². The van der Waals surface area contributed by atoms with Crippen LogP contribution in [0, 0.1) is 0 Å². The van der Waals surface area contributed by atoms with E-state index in [1.807, 2.05) is 18.2 Å². The minimum Gasteiger partial charge on any atom is -0.403 e. The van der Waals surface area contributed by atoms with Crippen LogP contribution in [-0.4, -0.2) is 48.5 Å². The number of aliphatic imine (C=N–C) groups is 1. The van der Waals surface area contributed by atoms with E-state index in [2.05, 4.69) is 43.0 Å².